The number of aromatic nitrogens is 1. The summed E-state index contributed by atoms with van der Waals surface area (Å²) in [5, 5.41) is 9.17. The molecule has 1 aliphatic rings. The third kappa shape index (κ3) is 3.84. The Morgan fingerprint density at radius 3 is 2.60 bits per heavy atom. The zero-order valence-electron chi connectivity index (χ0n) is 10.7. The lowest BCUT2D eigenvalue weighted by Crippen LogP contribution is -2.40. The molecule has 5 nitrogen and oxygen atoms in total. The largest absolute Gasteiger partial charge is 0.481 e. The van der Waals surface area contributed by atoms with E-state index in [4.69, 9.17) is 28.3 Å². The van der Waals surface area contributed by atoms with E-state index in [1.54, 1.807) is 4.90 Å². The minimum absolute atomic E-state index is 0.00187. The number of amides is 1. The van der Waals surface area contributed by atoms with E-state index in [1.165, 1.54) is 12.1 Å². The van der Waals surface area contributed by atoms with Gasteiger partial charge in [0.1, 0.15) is 10.3 Å². The van der Waals surface area contributed by atoms with Crippen LogP contribution in [0.15, 0.2) is 12.1 Å². The van der Waals surface area contributed by atoms with Gasteiger partial charge in [0.15, 0.2) is 0 Å². The van der Waals surface area contributed by atoms with Crippen LogP contribution in [0, 0.1) is 5.92 Å². The van der Waals surface area contributed by atoms with E-state index in [0.717, 1.165) is 12.8 Å². The maximum Gasteiger partial charge on any atom is 0.303 e. The lowest BCUT2D eigenvalue weighted by molar-refractivity contribution is -0.138. The van der Waals surface area contributed by atoms with Gasteiger partial charge in [-0.15, -0.1) is 0 Å². The Morgan fingerprint density at radius 1 is 1.35 bits per heavy atom. The summed E-state index contributed by atoms with van der Waals surface area (Å²) >= 11 is 11.6. The highest BCUT2D eigenvalue weighted by atomic mass is 35.5. The second kappa shape index (κ2) is 6.41. The summed E-state index contributed by atoms with van der Waals surface area (Å²) in [7, 11) is 0. The predicted octanol–water partition coefficient (Wildman–Crippen LogP) is 2.72. The van der Waals surface area contributed by atoms with Crippen molar-refractivity contribution in [2.45, 2.75) is 19.3 Å². The van der Waals surface area contributed by atoms with Crippen LogP contribution < -0.4 is 0 Å². The Bertz CT molecular complexity index is 516. The molecule has 108 valence electrons. The van der Waals surface area contributed by atoms with E-state index in [9.17, 15) is 9.59 Å². The van der Waals surface area contributed by atoms with E-state index >= 15 is 0 Å². The van der Waals surface area contributed by atoms with Crippen LogP contribution in [-0.2, 0) is 4.79 Å². The smallest absolute Gasteiger partial charge is 0.303 e. The molecule has 1 aromatic heterocycles. The number of carbonyl (C=O) groups is 2. The van der Waals surface area contributed by atoms with Gasteiger partial charge in [0.2, 0.25) is 0 Å². The Kier molecular flexibility index (Phi) is 4.83. The van der Waals surface area contributed by atoms with Crippen LogP contribution in [0.4, 0.5) is 0 Å². The molecule has 1 N–H and O–H groups in total. The number of pyridine rings is 1. The summed E-state index contributed by atoms with van der Waals surface area (Å²) in [6, 6.07) is 2.94. The number of aliphatic carboxylic acids is 1. The fourth-order valence-electron chi connectivity index (χ4n) is 2.43. The molecule has 2 heterocycles. The molecule has 1 fully saturated rings. The number of hydrogen-bond donors (Lipinski definition) is 1. The van der Waals surface area contributed by atoms with E-state index < -0.39 is 5.97 Å². The van der Waals surface area contributed by atoms with Gasteiger partial charge in [-0.3, -0.25) is 9.59 Å². The third-order valence-electron chi connectivity index (χ3n) is 3.28. The van der Waals surface area contributed by atoms with Gasteiger partial charge in [-0.1, -0.05) is 23.2 Å². The first-order valence-corrected chi connectivity index (χ1v) is 7.05. The first-order chi connectivity index (χ1) is 9.45. The summed E-state index contributed by atoms with van der Waals surface area (Å²) in [5.41, 5.74) is 0.381. The Labute approximate surface area is 126 Å². The van der Waals surface area contributed by atoms with Crippen molar-refractivity contribution in [3.8, 4) is 0 Å². The van der Waals surface area contributed by atoms with Crippen LogP contribution in [0.5, 0.6) is 0 Å². The van der Waals surface area contributed by atoms with E-state index in [2.05, 4.69) is 4.98 Å². The quantitative estimate of drug-likeness (QED) is 0.870. The first kappa shape index (κ1) is 15.1. The van der Waals surface area contributed by atoms with Crippen molar-refractivity contribution in [3.63, 3.8) is 0 Å². The van der Waals surface area contributed by atoms with Crippen LogP contribution in [0.1, 0.15) is 29.6 Å². The molecule has 7 heteroatoms. The maximum absolute atomic E-state index is 12.4. The van der Waals surface area contributed by atoms with Gasteiger partial charge < -0.3 is 10.0 Å². The highest BCUT2D eigenvalue weighted by molar-refractivity contribution is 6.33. The predicted molar refractivity (Wildman–Crippen MR) is 75.1 cm³/mol. The summed E-state index contributed by atoms with van der Waals surface area (Å²) < 4.78 is 0. The normalized spacial score (nSPS) is 18.9. The number of carboxylic acids is 1. The zero-order valence-corrected chi connectivity index (χ0v) is 12.2. The average molecular weight is 317 g/mol. The number of rotatable bonds is 3. The maximum atomic E-state index is 12.4. The molecule has 0 aromatic carbocycles. The summed E-state index contributed by atoms with van der Waals surface area (Å²) in [6.45, 7) is 1.06. The minimum Gasteiger partial charge on any atom is -0.481 e. The molecule has 1 aromatic rings. The number of piperidine rings is 1. The second-order valence-corrected chi connectivity index (χ2v) is 5.63. The molecule has 1 atom stereocenters. The molecule has 0 aliphatic carbocycles. The van der Waals surface area contributed by atoms with Crippen LogP contribution in [0.2, 0.25) is 10.3 Å². The molecule has 1 saturated heterocycles. The Hall–Kier alpha value is -1.33. The fourth-order valence-corrected chi connectivity index (χ4v) is 2.89. The van der Waals surface area contributed by atoms with Crippen LogP contribution in [0.3, 0.4) is 0 Å². The van der Waals surface area contributed by atoms with E-state index in [0.29, 0.717) is 18.7 Å². The number of carboxylic acid groups (broad SMARTS) is 1. The molecule has 0 radical (unpaired) electrons. The molecule has 20 heavy (non-hydrogen) atoms. The molecular formula is C13H14Cl2N2O3. The lowest BCUT2D eigenvalue weighted by Gasteiger charge is -2.32. The topological polar surface area (TPSA) is 70.5 Å². The number of hydrogen-bond acceptors (Lipinski definition) is 3. The van der Waals surface area contributed by atoms with Crippen molar-refractivity contribution in [1.29, 1.82) is 0 Å². The number of halogens is 2. The van der Waals surface area contributed by atoms with Gasteiger partial charge in [0.05, 0.1) is 0 Å². The van der Waals surface area contributed by atoms with Crippen molar-refractivity contribution < 1.29 is 14.7 Å². The van der Waals surface area contributed by atoms with Crippen molar-refractivity contribution in [2.24, 2.45) is 5.92 Å². The van der Waals surface area contributed by atoms with Gasteiger partial charge in [-0.25, -0.2) is 4.98 Å². The molecular weight excluding hydrogens is 303 g/mol. The standard InChI is InChI=1S/C13H14Cl2N2O3/c14-10-5-9(6-11(15)16-10)13(20)17-3-1-2-8(7-17)4-12(18)19/h5-6,8H,1-4,7H2,(H,18,19). The zero-order chi connectivity index (χ0) is 14.7. The van der Waals surface area contributed by atoms with Gasteiger partial charge in [0, 0.05) is 25.1 Å². The average Bonchev–Trinajstić information content (AvgIpc) is 2.36. The van der Waals surface area contributed by atoms with Gasteiger partial charge in [0.25, 0.3) is 5.91 Å². The SMILES string of the molecule is O=C(O)CC1CCCN(C(=O)c2cc(Cl)nc(Cl)c2)C1. The van der Waals surface area contributed by atoms with Crippen molar-refractivity contribution in [3.05, 3.63) is 28.0 Å². The second-order valence-electron chi connectivity index (χ2n) is 4.86. The lowest BCUT2D eigenvalue weighted by atomic mass is 9.94. The van der Waals surface area contributed by atoms with Crippen molar-refractivity contribution in [1.82, 2.24) is 9.88 Å². The van der Waals surface area contributed by atoms with Crippen LogP contribution >= 0.6 is 23.2 Å². The highest BCUT2D eigenvalue weighted by Crippen LogP contribution is 2.23. The van der Waals surface area contributed by atoms with E-state index in [-0.39, 0.29) is 28.6 Å². The monoisotopic (exact) mass is 316 g/mol. The number of carbonyl (C=O) groups excluding carboxylic acids is 1. The van der Waals surface area contributed by atoms with E-state index in [1.807, 2.05) is 0 Å². The number of nitrogens with zero attached hydrogens (tertiary/aromatic N) is 2. The van der Waals surface area contributed by atoms with Gasteiger partial charge in [-0.2, -0.15) is 0 Å². The summed E-state index contributed by atoms with van der Waals surface area (Å²) in [6.07, 6.45) is 1.71. The molecule has 1 aliphatic heterocycles. The highest BCUT2D eigenvalue weighted by Gasteiger charge is 2.26. The molecule has 0 bridgehead atoms. The molecule has 2 rings (SSSR count). The number of likely N-dealkylation sites (tertiary alicyclic amines) is 1. The fraction of sp³-hybridized carbons (Fsp3) is 0.462. The van der Waals surface area contributed by atoms with Crippen molar-refractivity contribution >= 4 is 35.1 Å². The molecule has 0 spiro atoms. The molecule has 1 unspecified atom stereocenters. The van der Waals surface area contributed by atoms with Crippen molar-refractivity contribution in [2.75, 3.05) is 13.1 Å². The van der Waals surface area contributed by atoms with Gasteiger partial charge >= 0.3 is 5.97 Å². The Balaban J connectivity index is 2.10. The summed E-state index contributed by atoms with van der Waals surface area (Å²) in [5.74, 6) is -1.02. The minimum atomic E-state index is -0.834. The van der Waals surface area contributed by atoms with Crippen LogP contribution in [-0.4, -0.2) is 40.0 Å². The third-order valence-corrected chi connectivity index (χ3v) is 3.67. The Morgan fingerprint density at radius 2 is 2.00 bits per heavy atom. The van der Waals surface area contributed by atoms with Gasteiger partial charge in [-0.05, 0) is 30.9 Å². The first-order valence-electron chi connectivity index (χ1n) is 6.30. The molecule has 0 saturated carbocycles. The molecule has 1 amide bonds. The summed E-state index contributed by atoms with van der Waals surface area (Å²) in [4.78, 5) is 28.6. The van der Waals surface area contributed by atoms with Crippen LogP contribution in [0.25, 0.3) is 0 Å².